The zero-order chi connectivity index (χ0) is 26.2. The van der Waals surface area contributed by atoms with Crippen LogP contribution in [0.5, 0.6) is 11.5 Å². The Morgan fingerprint density at radius 1 is 1.05 bits per heavy atom. The van der Waals surface area contributed by atoms with Crippen molar-refractivity contribution in [2.75, 3.05) is 19.8 Å². The van der Waals surface area contributed by atoms with Gasteiger partial charge in [-0.3, -0.25) is 9.59 Å². The molecule has 2 heterocycles. The molecule has 1 atom stereocenters. The molecule has 1 unspecified atom stereocenters. The molecule has 1 aromatic heterocycles. The molecular weight excluding hydrogens is 470 g/mol. The molecule has 0 saturated heterocycles. The van der Waals surface area contributed by atoms with E-state index in [1.54, 1.807) is 41.7 Å². The highest BCUT2D eigenvalue weighted by Crippen LogP contribution is 2.41. The van der Waals surface area contributed by atoms with Crippen LogP contribution in [0.1, 0.15) is 37.4 Å². The monoisotopic (exact) mass is 501 g/mol. The lowest BCUT2D eigenvalue weighted by atomic mass is 9.95. The lowest BCUT2D eigenvalue weighted by Crippen LogP contribution is -2.32. The zero-order valence-electron chi connectivity index (χ0n) is 21.0. The van der Waals surface area contributed by atoms with Crippen molar-refractivity contribution in [2.24, 2.45) is 0 Å². The Morgan fingerprint density at radius 3 is 2.51 bits per heavy atom. The third-order valence-electron chi connectivity index (χ3n) is 6.05. The average Bonchev–Trinajstić information content (AvgIpc) is 3.51. The summed E-state index contributed by atoms with van der Waals surface area (Å²) in [6, 6.07) is 14.0. The Labute approximate surface area is 216 Å². The summed E-state index contributed by atoms with van der Waals surface area (Å²) in [5, 5.41) is 10.9. The summed E-state index contributed by atoms with van der Waals surface area (Å²) in [6.45, 7) is 5.63. The minimum absolute atomic E-state index is 0.0476. The Bertz CT molecular complexity index is 1280. The lowest BCUT2D eigenvalue weighted by Gasteiger charge is -2.27. The molecule has 8 nitrogen and oxygen atoms in total. The highest BCUT2D eigenvalue weighted by molar-refractivity contribution is 6.14. The van der Waals surface area contributed by atoms with E-state index < -0.39 is 23.5 Å². The molecule has 0 fully saturated rings. The van der Waals surface area contributed by atoms with Gasteiger partial charge in [-0.05, 0) is 49.6 Å². The quantitative estimate of drug-likeness (QED) is 0.360. The first-order valence-electron chi connectivity index (χ1n) is 12.4. The first kappa shape index (κ1) is 25.8. The number of aryl methyl sites for hydroxylation is 1. The maximum absolute atomic E-state index is 13.4. The molecule has 8 heteroatoms. The number of aromatic nitrogens is 2. The Morgan fingerprint density at radius 2 is 1.81 bits per heavy atom. The van der Waals surface area contributed by atoms with Crippen LogP contribution in [0.15, 0.2) is 84.7 Å². The molecule has 192 valence electrons. The molecule has 1 aliphatic rings. The molecule has 1 amide bonds. The van der Waals surface area contributed by atoms with Gasteiger partial charge < -0.3 is 24.0 Å². The Hall–Kier alpha value is -4.33. The van der Waals surface area contributed by atoms with Crippen LogP contribution in [0.2, 0.25) is 0 Å². The van der Waals surface area contributed by atoms with Crippen LogP contribution >= 0.6 is 0 Å². The molecule has 1 N–H and O–H groups in total. The predicted molar refractivity (Wildman–Crippen MR) is 140 cm³/mol. The van der Waals surface area contributed by atoms with Gasteiger partial charge in [0.25, 0.3) is 5.91 Å². The third kappa shape index (κ3) is 5.91. The molecule has 2 aromatic carbocycles. The number of amides is 1. The van der Waals surface area contributed by atoms with Crippen molar-refractivity contribution in [3.8, 4) is 11.5 Å². The van der Waals surface area contributed by atoms with Gasteiger partial charge >= 0.3 is 0 Å². The van der Waals surface area contributed by atoms with E-state index in [0.717, 1.165) is 5.56 Å². The molecular formula is C29H31N3O5. The number of allylic oxidation sites excluding steroid dienone is 1. The van der Waals surface area contributed by atoms with E-state index in [9.17, 15) is 14.7 Å². The molecule has 0 radical (unpaired) electrons. The number of hydrogen-bond donors (Lipinski definition) is 1. The minimum atomic E-state index is -0.766. The van der Waals surface area contributed by atoms with Gasteiger partial charge in [0.05, 0.1) is 31.2 Å². The Kier molecular flexibility index (Phi) is 8.40. The fraction of sp³-hybridized carbons (Fsp3) is 0.276. The van der Waals surface area contributed by atoms with Crippen LogP contribution in [0.3, 0.4) is 0 Å². The van der Waals surface area contributed by atoms with Crippen molar-refractivity contribution in [3.63, 3.8) is 0 Å². The van der Waals surface area contributed by atoms with Crippen molar-refractivity contribution in [3.05, 3.63) is 95.8 Å². The van der Waals surface area contributed by atoms with Gasteiger partial charge in [0.2, 0.25) is 0 Å². The van der Waals surface area contributed by atoms with Crippen molar-refractivity contribution >= 4 is 17.8 Å². The summed E-state index contributed by atoms with van der Waals surface area (Å²) < 4.78 is 13.4. The number of aliphatic hydroxyl groups is 1. The average molecular weight is 502 g/mol. The fourth-order valence-corrected chi connectivity index (χ4v) is 4.39. The summed E-state index contributed by atoms with van der Waals surface area (Å²) in [5.41, 5.74) is 1.54. The first-order valence-corrected chi connectivity index (χ1v) is 12.4. The molecule has 0 spiro atoms. The standard InChI is InChI=1S/C29H31N3O5/c1-3-36-24-14-12-22(19-25(24)37-4-2)27-26(23(33)13-11-21-9-6-5-7-10-21)28(34)29(35)32(27)17-8-16-31-18-15-30-20-31/h5-7,9-15,18-20,27,34H,3-4,8,16-17H2,1-2H3/b13-11+. The van der Waals surface area contributed by atoms with Crippen LogP contribution in [0, 0.1) is 0 Å². The number of nitrogens with zero attached hydrogens (tertiary/aromatic N) is 3. The number of carbonyl (C=O) groups excluding carboxylic acids is 2. The number of aliphatic hydroxyl groups excluding tert-OH is 1. The zero-order valence-corrected chi connectivity index (χ0v) is 21.0. The molecule has 1 aliphatic heterocycles. The summed E-state index contributed by atoms with van der Waals surface area (Å²) in [5.74, 6) is -0.426. The summed E-state index contributed by atoms with van der Waals surface area (Å²) in [7, 11) is 0. The molecule has 0 aliphatic carbocycles. The van der Waals surface area contributed by atoms with E-state index in [0.29, 0.717) is 49.8 Å². The van der Waals surface area contributed by atoms with Gasteiger partial charge in [0.15, 0.2) is 23.0 Å². The maximum atomic E-state index is 13.4. The van der Waals surface area contributed by atoms with Crippen LogP contribution in [0.4, 0.5) is 0 Å². The summed E-state index contributed by atoms with van der Waals surface area (Å²) in [6.07, 6.45) is 8.95. The summed E-state index contributed by atoms with van der Waals surface area (Å²) in [4.78, 5) is 32.2. The van der Waals surface area contributed by atoms with E-state index in [2.05, 4.69) is 4.98 Å². The number of ketones is 1. The topological polar surface area (TPSA) is 93.9 Å². The fourth-order valence-electron chi connectivity index (χ4n) is 4.39. The van der Waals surface area contributed by atoms with Gasteiger partial charge in [0, 0.05) is 25.5 Å². The smallest absolute Gasteiger partial charge is 0.290 e. The number of rotatable bonds is 12. The molecule has 3 aromatic rings. The number of hydrogen-bond acceptors (Lipinski definition) is 6. The van der Waals surface area contributed by atoms with Crippen LogP contribution in [-0.4, -0.2) is 51.0 Å². The molecule has 0 saturated carbocycles. The largest absolute Gasteiger partial charge is 0.503 e. The van der Waals surface area contributed by atoms with Gasteiger partial charge in [-0.2, -0.15) is 0 Å². The van der Waals surface area contributed by atoms with Gasteiger partial charge in [-0.1, -0.05) is 42.5 Å². The van der Waals surface area contributed by atoms with Gasteiger partial charge in [-0.15, -0.1) is 0 Å². The van der Waals surface area contributed by atoms with E-state index in [-0.39, 0.29) is 5.57 Å². The Balaban J connectivity index is 1.68. The van der Waals surface area contributed by atoms with E-state index in [1.807, 2.05) is 54.9 Å². The normalized spacial score (nSPS) is 15.6. The van der Waals surface area contributed by atoms with Crippen LogP contribution < -0.4 is 9.47 Å². The highest BCUT2D eigenvalue weighted by Gasteiger charge is 2.42. The first-order chi connectivity index (χ1) is 18.0. The number of benzene rings is 2. The van der Waals surface area contributed by atoms with Crippen molar-refractivity contribution in [1.29, 1.82) is 0 Å². The number of imidazole rings is 1. The SMILES string of the molecule is CCOc1ccc(C2C(C(=O)/C=C/c3ccccc3)=C(O)C(=O)N2CCCn2ccnc2)cc1OCC. The minimum Gasteiger partial charge on any atom is -0.503 e. The van der Waals surface area contributed by atoms with Crippen molar-refractivity contribution in [1.82, 2.24) is 14.5 Å². The van der Waals surface area contributed by atoms with Crippen LogP contribution in [-0.2, 0) is 16.1 Å². The van der Waals surface area contributed by atoms with E-state index in [4.69, 9.17) is 9.47 Å². The molecule has 4 rings (SSSR count). The van der Waals surface area contributed by atoms with E-state index >= 15 is 0 Å². The number of ether oxygens (including phenoxy) is 2. The van der Waals surface area contributed by atoms with Gasteiger partial charge in [0.1, 0.15) is 0 Å². The third-order valence-corrected chi connectivity index (χ3v) is 6.05. The summed E-state index contributed by atoms with van der Waals surface area (Å²) >= 11 is 0. The lowest BCUT2D eigenvalue weighted by molar-refractivity contribution is -0.129. The van der Waals surface area contributed by atoms with E-state index in [1.165, 1.54) is 6.08 Å². The molecule has 37 heavy (non-hydrogen) atoms. The second-order valence-electron chi connectivity index (χ2n) is 8.50. The van der Waals surface area contributed by atoms with Gasteiger partial charge in [-0.25, -0.2) is 4.98 Å². The highest BCUT2D eigenvalue weighted by atomic mass is 16.5. The predicted octanol–water partition coefficient (Wildman–Crippen LogP) is 4.75. The van der Waals surface area contributed by atoms with Crippen LogP contribution in [0.25, 0.3) is 6.08 Å². The number of carbonyl (C=O) groups is 2. The molecule has 0 bridgehead atoms. The van der Waals surface area contributed by atoms with Crippen molar-refractivity contribution < 1.29 is 24.2 Å². The second kappa shape index (κ2) is 12.1. The second-order valence-corrected chi connectivity index (χ2v) is 8.50. The van der Waals surface area contributed by atoms with Crippen molar-refractivity contribution in [2.45, 2.75) is 32.9 Å². The maximum Gasteiger partial charge on any atom is 0.290 e.